The van der Waals surface area contributed by atoms with Crippen LogP contribution in [0.5, 0.6) is 5.75 Å². The van der Waals surface area contributed by atoms with Crippen molar-refractivity contribution in [2.45, 2.75) is 19.5 Å². The van der Waals surface area contributed by atoms with Gasteiger partial charge < -0.3 is 24.6 Å². The van der Waals surface area contributed by atoms with Gasteiger partial charge in [0.2, 0.25) is 0 Å². The van der Waals surface area contributed by atoms with Crippen molar-refractivity contribution in [1.29, 1.82) is 0 Å². The smallest absolute Gasteiger partial charge is 0.307 e. The number of nitrogens with zero attached hydrogens (tertiary/aromatic N) is 4. The van der Waals surface area contributed by atoms with Gasteiger partial charge in [-0.15, -0.1) is 0 Å². The highest BCUT2D eigenvalue weighted by molar-refractivity contribution is 5.97. The summed E-state index contributed by atoms with van der Waals surface area (Å²) in [6, 6.07) is 5.68. The van der Waals surface area contributed by atoms with E-state index in [-0.39, 0.29) is 12.2 Å². The third-order valence-corrected chi connectivity index (χ3v) is 5.04. The molecule has 0 amide bonds. The van der Waals surface area contributed by atoms with Gasteiger partial charge in [0, 0.05) is 65.8 Å². The second-order valence-electron chi connectivity index (χ2n) is 7.92. The van der Waals surface area contributed by atoms with Crippen LogP contribution in [0.3, 0.4) is 0 Å². The molecule has 0 fully saturated rings. The topological polar surface area (TPSA) is 81.8 Å². The summed E-state index contributed by atoms with van der Waals surface area (Å²) in [4.78, 5) is 19.8. The standard InChI is InChI=1S/C22H28N4O3/c1-24(2)12-17-21-16(10-20(27)28)19(13-25(3)4)26(5)18(21)9-15(22(17)29)14-7-6-8-23-11-14/h6-9,11,29H,10,12-13H2,1-5H3,(H,27,28). The molecule has 2 N–H and O–H groups in total. The maximum atomic E-state index is 11.7. The Hall–Kier alpha value is -2.90. The molecule has 7 heteroatoms. The average molecular weight is 396 g/mol. The first-order valence-electron chi connectivity index (χ1n) is 9.47. The van der Waals surface area contributed by atoms with Gasteiger partial charge >= 0.3 is 5.97 Å². The molecule has 0 aliphatic carbocycles. The number of aliphatic carboxylic acids is 1. The van der Waals surface area contributed by atoms with Crippen molar-refractivity contribution in [2.24, 2.45) is 7.05 Å². The van der Waals surface area contributed by atoms with Crippen molar-refractivity contribution in [3.63, 3.8) is 0 Å². The van der Waals surface area contributed by atoms with Gasteiger partial charge in [-0.1, -0.05) is 6.07 Å². The molecule has 29 heavy (non-hydrogen) atoms. The van der Waals surface area contributed by atoms with Crippen molar-refractivity contribution in [1.82, 2.24) is 19.4 Å². The van der Waals surface area contributed by atoms with Gasteiger partial charge in [-0.2, -0.15) is 0 Å². The number of pyridine rings is 1. The molecular formula is C22H28N4O3. The molecule has 0 spiro atoms. The summed E-state index contributed by atoms with van der Waals surface area (Å²) in [6.07, 6.45) is 3.33. The molecule has 0 saturated carbocycles. The number of hydrogen-bond acceptors (Lipinski definition) is 5. The fourth-order valence-corrected chi connectivity index (χ4v) is 3.86. The Kier molecular flexibility index (Phi) is 5.91. The molecule has 0 saturated heterocycles. The lowest BCUT2D eigenvalue weighted by Gasteiger charge is -2.17. The third kappa shape index (κ3) is 4.11. The number of carboxylic acids is 1. The number of carbonyl (C=O) groups is 1. The molecule has 0 bridgehead atoms. The molecule has 7 nitrogen and oxygen atoms in total. The summed E-state index contributed by atoms with van der Waals surface area (Å²) in [6.45, 7) is 1.10. The van der Waals surface area contributed by atoms with E-state index in [0.29, 0.717) is 18.7 Å². The van der Waals surface area contributed by atoms with Crippen LogP contribution in [0.15, 0.2) is 30.6 Å². The van der Waals surface area contributed by atoms with Crippen LogP contribution in [0.25, 0.3) is 22.0 Å². The van der Waals surface area contributed by atoms with Crippen molar-refractivity contribution in [3.05, 3.63) is 47.4 Å². The Morgan fingerprint density at radius 3 is 2.38 bits per heavy atom. The van der Waals surface area contributed by atoms with Crippen molar-refractivity contribution in [2.75, 3.05) is 28.2 Å². The highest BCUT2D eigenvalue weighted by Gasteiger charge is 2.25. The lowest BCUT2D eigenvalue weighted by atomic mass is 9.95. The van der Waals surface area contributed by atoms with E-state index < -0.39 is 5.97 Å². The lowest BCUT2D eigenvalue weighted by Crippen LogP contribution is -2.16. The Morgan fingerprint density at radius 2 is 1.83 bits per heavy atom. The van der Waals surface area contributed by atoms with Crippen LogP contribution in [0.4, 0.5) is 0 Å². The number of carboxylic acid groups (broad SMARTS) is 1. The predicted octanol–water partition coefficient (Wildman–Crippen LogP) is 2.70. The van der Waals surface area contributed by atoms with Gasteiger partial charge in [0.1, 0.15) is 5.75 Å². The molecule has 154 valence electrons. The Morgan fingerprint density at radius 1 is 1.14 bits per heavy atom. The molecule has 3 rings (SSSR count). The maximum Gasteiger partial charge on any atom is 0.307 e. The zero-order valence-electron chi connectivity index (χ0n) is 17.6. The number of benzene rings is 1. The van der Waals surface area contributed by atoms with Crippen LogP contribution in [0.1, 0.15) is 16.8 Å². The van der Waals surface area contributed by atoms with E-state index in [0.717, 1.165) is 33.3 Å². The Labute approximate surface area is 170 Å². The van der Waals surface area contributed by atoms with Gasteiger partial charge in [-0.3, -0.25) is 9.78 Å². The minimum atomic E-state index is -0.885. The Balaban J connectivity index is 2.41. The molecule has 3 aromatic rings. The minimum absolute atomic E-state index is 0.0907. The quantitative estimate of drug-likeness (QED) is 0.639. The van der Waals surface area contributed by atoms with Crippen LogP contribution < -0.4 is 0 Å². The molecule has 1 aromatic carbocycles. The number of hydrogen-bond donors (Lipinski definition) is 2. The SMILES string of the molecule is CN(C)Cc1c(O)c(-c2cccnc2)cc2c1c(CC(=O)O)c(CN(C)C)n2C. The summed E-state index contributed by atoms with van der Waals surface area (Å²) in [5.41, 5.74) is 4.86. The normalized spacial score (nSPS) is 11.7. The van der Waals surface area contributed by atoms with E-state index in [2.05, 4.69) is 4.98 Å². The van der Waals surface area contributed by atoms with Gasteiger partial charge in [-0.05, 0) is 45.9 Å². The van der Waals surface area contributed by atoms with E-state index in [1.807, 2.05) is 67.8 Å². The number of fused-ring (bicyclic) bond motifs is 1. The molecule has 2 aromatic heterocycles. The summed E-state index contributed by atoms with van der Waals surface area (Å²) < 4.78 is 2.05. The number of aromatic hydroxyl groups is 1. The highest BCUT2D eigenvalue weighted by Crippen LogP contribution is 2.41. The van der Waals surface area contributed by atoms with E-state index >= 15 is 0 Å². The van der Waals surface area contributed by atoms with Crippen molar-refractivity contribution in [3.8, 4) is 16.9 Å². The molecule has 0 atom stereocenters. The summed E-state index contributed by atoms with van der Waals surface area (Å²) >= 11 is 0. The predicted molar refractivity (Wildman–Crippen MR) is 114 cm³/mol. The number of phenols is 1. The minimum Gasteiger partial charge on any atom is -0.507 e. The molecule has 2 heterocycles. The van der Waals surface area contributed by atoms with E-state index in [4.69, 9.17) is 0 Å². The van der Waals surface area contributed by atoms with E-state index in [1.54, 1.807) is 12.4 Å². The second kappa shape index (κ2) is 8.23. The third-order valence-electron chi connectivity index (χ3n) is 5.04. The first-order chi connectivity index (χ1) is 13.7. The average Bonchev–Trinajstić information content (AvgIpc) is 2.89. The van der Waals surface area contributed by atoms with Crippen molar-refractivity contribution < 1.29 is 15.0 Å². The van der Waals surface area contributed by atoms with Crippen LogP contribution in [0, 0.1) is 0 Å². The fourth-order valence-electron chi connectivity index (χ4n) is 3.86. The molecule has 0 unspecified atom stereocenters. The van der Waals surface area contributed by atoms with E-state index in [1.165, 1.54) is 0 Å². The largest absolute Gasteiger partial charge is 0.507 e. The summed E-state index contributed by atoms with van der Waals surface area (Å²) in [5, 5.41) is 21.6. The lowest BCUT2D eigenvalue weighted by molar-refractivity contribution is -0.136. The summed E-state index contributed by atoms with van der Waals surface area (Å²) in [7, 11) is 9.74. The van der Waals surface area contributed by atoms with E-state index in [9.17, 15) is 15.0 Å². The number of aryl methyl sites for hydroxylation is 1. The highest BCUT2D eigenvalue weighted by atomic mass is 16.4. The fraction of sp³-hybridized carbons (Fsp3) is 0.364. The Bertz CT molecular complexity index is 1040. The number of phenolic OH excluding ortho intramolecular Hbond substituents is 1. The molecule has 0 radical (unpaired) electrons. The van der Waals surface area contributed by atoms with Gasteiger partial charge in [0.15, 0.2) is 0 Å². The first kappa shape index (κ1) is 20.8. The van der Waals surface area contributed by atoms with Crippen LogP contribution >= 0.6 is 0 Å². The van der Waals surface area contributed by atoms with Gasteiger partial charge in [0.25, 0.3) is 0 Å². The van der Waals surface area contributed by atoms with Gasteiger partial charge in [0.05, 0.1) is 6.42 Å². The van der Waals surface area contributed by atoms with Crippen LogP contribution in [-0.2, 0) is 31.4 Å². The van der Waals surface area contributed by atoms with Crippen molar-refractivity contribution >= 4 is 16.9 Å². The number of aromatic nitrogens is 2. The van der Waals surface area contributed by atoms with Crippen LogP contribution in [0.2, 0.25) is 0 Å². The zero-order valence-corrected chi connectivity index (χ0v) is 17.6. The maximum absolute atomic E-state index is 11.7. The molecular weight excluding hydrogens is 368 g/mol. The number of rotatable bonds is 7. The summed E-state index contributed by atoms with van der Waals surface area (Å²) in [5.74, 6) is -0.711. The molecule has 0 aliphatic rings. The molecule has 0 aliphatic heterocycles. The van der Waals surface area contributed by atoms with Crippen LogP contribution in [-0.4, -0.2) is 63.7 Å². The zero-order chi connectivity index (χ0) is 21.3. The van der Waals surface area contributed by atoms with Gasteiger partial charge in [-0.25, -0.2) is 0 Å². The monoisotopic (exact) mass is 396 g/mol. The first-order valence-corrected chi connectivity index (χ1v) is 9.47. The second-order valence-corrected chi connectivity index (χ2v) is 7.92.